The van der Waals surface area contributed by atoms with Crippen molar-refractivity contribution in [1.82, 2.24) is 0 Å². The predicted octanol–water partition coefficient (Wildman–Crippen LogP) is 3.41. The van der Waals surface area contributed by atoms with E-state index >= 15 is 0 Å². The molecule has 2 heteroatoms. The van der Waals surface area contributed by atoms with E-state index in [0.29, 0.717) is 18.1 Å². The van der Waals surface area contributed by atoms with Gasteiger partial charge in [-0.1, -0.05) is 12.1 Å². The summed E-state index contributed by atoms with van der Waals surface area (Å²) < 4.78 is 0. The van der Waals surface area contributed by atoms with Crippen LogP contribution >= 0.6 is 0 Å². The molecule has 1 aliphatic carbocycles. The Hall–Kier alpha value is -1.02. The van der Waals surface area contributed by atoms with Crippen molar-refractivity contribution in [2.45, 2.75) is 75.9 Å². The molecular formula is C18H26N2. The Morgan fingerprint density at radius 3 is 2.50 bits per heavy atom. The summed E-state index contributed by atoms with van der Waals surface area (Å²) in [6, 6.07) is 8.84. The first-order chi connectivity index (χ1) is 9.83. The molecule has 2 unspecified atom stereocenters. The van der Waals surface area contributed by atoms with Gasteiger partial charge in [-0.3, -0.25) is 0 Å². The molecule has 1 aromatic carbocycles. The maximum Gasteiger partial charge on any atom is 0.0406 e. The normalized spacial score (nSPS) is 32.9. The topological polar surface area (TPSA) is 29.3 Å². The molecule has 2 bridgehead atoms. The average Bonchev–Trinajstić information content (AvgIpc) is 2.46. The molecule has 2 saturated heterocycles. The van der Waals surface area contributed by atoms with Gasteiger partial charge in [0.15, 0.2) is 0 Å². The van der Waals surface area contributed by atoms with Crippen LogP contribution < -0.4 is 10.6 Å². The van der Waals surface area contributed by atoms with Crippen LogP contribution in [-0.4, -0.2) is 18.1 Å². The minimum absolute atomic E-state index is 0.432. The third kappa shape index (κ3) is 2.05. The van der Waals surface area contributed by atoms with Gasteiger partial charge >= 0.3 is 0 Å². The van der Waals surface area contributed by atoms with Crippen LogP contribution in [0.5, 0.6) is 0 Å². The molecule has 0 aromatic heterocycles. The molecule has 4 rings (SSSR count). The van der Waals surface area contributed by atoms with Crippen LogP contribution in [-0.2, 0) is 12.8 Å². The van der Waals surface area contributed by atoms with Crippen LogP contribution in [0.4, 0.5) is 5.69 Å². The van der Waals surface area contributed by atoms with E-state index in [4.69, 9.17) is 5.73 Å². The van der Waals surface area contributed by atoms with E-state index in [0.717, 1.165) is 0 Å². The quantitative estimate of drug-likeness (QED) is 0.847. The molecule has 0 amide bonds. The zero-order chi connectivity index (χ0) is 13.5. The van der Waals surface area contributed by atoms with Crippen molar-refractivity contribution < 1.29 is 0 Å². The van der Waals surface area contributed by atoms with Gasteiger partial charge in [-0.05, 0) is 75.0 Å². The van der Waals surface area contributed by atoms with E-state index in [9.17, 15) is 0 Å². The first-order valence-electron chi connectivity index (χ1n) is 8.47. The minimum atomic E-state index is 0.432. The molecule has 0 radical (unpaired) electrons. The van der Waals surface area contributed by atoms with E-state index in [2.05, 4.69) is 23.1 Å². The van der Waals surface area contributed by atoms with Crippen LogP contribution in [0.2, 0.25) is 0 Å². The lowest BCUT2D eigenvalue weighted by Crippen LogP contribution is -2.55. The van der Waals surface area contributed by atoms with Crippen LogP contribution in [0.15, 0.2) is 18.2 Å². The second kappa shape index (κ2) is 5.07. The van der Waals surface area contributed by atoms with Gasteiger partial charge in [-0.2, -0.15) is 0 Å². The van der Waals surface area contributed by atoms with Gasteiger partial charge in [-0.25, -0.2) is 0 Å². The Balaban J connectivity index is 1.73. The Morgan fingerprint density at radius 2 is 1.70 bits per heavy atom. The number of nitrogens with two attached hydrogens (primary N) is 1. The van der Waals surface area contributed by atoms with Crippen molar-refractivity contribution in [3.8, 4) is 0 Å². The zero-order valence-corrected chi connectivity index (χ0v) is 12.4. The van der Waals surface area contributed by atoms with Crippen molar-refractivity contribution in [1.29, 1.82) is 0 Å². The highest BCUT2D eigenvalue weighted by molar-refractivity contribution is 5.59. The molecule has 2 nitrogen and oxygen atoms in total. The third-order valence-corrected chi connectivity index (χ3v) is 5.66. The summed E-state index contributed by atoms with van der Waals surface area (Å²) in [5.41, 5.74) is 11.1. The molecule has 0 saturated carbocycles. The molecule has 2 atom stereocenters. The molecule has 108 valence electrons. The maximum atomic E-state index is 6.28. The lowest BCUT2D eigenvalue weighted by Gasteiger charge is -2.50. The Labute approximate surface area is 122 Å². The predicted molar refractivity (Wildman–Crippen MR) is 84.2 cm³/mol. The third-order valence-electron chi connectivity index (χ3n) is 5.66. The highest BCUT2D eigenvalue weighted by atomic mass is 15.2. The summed E-state index contributed by atoms with van der Waals surface area (Å²) in [6.07, 6.45) is 11.8. The fourth-order valence-electron chi connectivity index (χ4n) is 4.82. The lowest BCUT2D eigenvalue weighted by molar-refractivity contribution is 0.270. The molecular weight excluding hydrogens is 244 g/mol. The van der Waals surface area contributed by atoms with Gasteiger partial charge in [0.2, 0.25) is 0 Å². The molecule has 2 fully saturated rings. The van der Waals surface area contributed by atoms with Crippen molar-refractivity contribution in [2.24, 2.45) is 5.73 Å². The van der Waals surface area contributed by atoms with Gasteiger partial charge in [0.25, 0.3) is 0 Å². The number of anilines is 1. The van der Waals surface area contributed by atoms with E-state index in [1.54, 1.807) is 16.8 Å². The van der Waals surface area contributed by atoms with E-state index < -0.39 is 0 Å². The largest absolute Gasteiger partial charge is 0.365 e. The number of hydrogen-bond donors (Lipinski definition) is 1. The van der Waals surface area contributed by atoms with Gasteiger partial charge in [0, 0.05) is 23.8 Å². The summed E-state index contributed by atoms with van der Waals surface area (Å²) >= 11 is 0. The number of aryl methyl sites for hydroxylation is 1. The molecule has 2 heterocycles. The Bertz CT molecular complexity index is 482. The van der Waals surface area contributed by atoms with Crippen molar-refractivity contribution >= 4 is 5.69 Å². The SMILES string of the molecule is NC1CC2CCCC(C1)N2c1cccc2c1CCCC2. The molecule has 2 aliphatic heterocycles. The van der Waals surface area contributed by atoms with Crippen LogP contribution in [0.3, 0.4) is 0 Å². The molecule has 3 aliphatic rings. The average molecular weight is 270 g/mol. The highest BCUT2D eigenvalue weighted by Gasteiger charge is 2.38. The second-order valence-corrected chi connectivity index (χ2v) is 7.00. The summed E-state index contributed by atoms with van der Waals surface area (Å²) in [5.74, 6) is 0. The van der Waals surface area contributed by atoms with Crippen molar-refractivity contribution in [3.05, 3.63) is 29.3 Å². The monoisotopic (exact) mass is 270 g/mol. The number of piperidine rings is 2. The van der Waals surface area contributed by atoms with E-state index in [1.165, 1.54) is 57.8 Å². The fraction of sp³-hybridized carbons (Fsp3) is 0.667. The minimum Gasteiger partial charge on any atom is -0.365 e. The number of nitrogens with zero attached hydrogens (tertiary/aromatic N) is 1. The smallest absolute Gasteiger partial charge is 0.0406 e. The van der Waals surface area contributed by atoms with Gasteiger partial charge in [0.05, 0.1) is 0 Å². The number of rotatable bonds is 1. The summed E-state index contributed by atoms with van der Waals surface area (Å²) in [4.78, 5) is 2.77. The second-order valence-electron chi connectivity index (χ2n) is 7.00. The maximum absolute atomic E-state index is 6.28. The molecule has 20 heavy (non-hydrogen) atoms. The Kier molecular flexibility index (Phi) is 3.22. The molecule has 1 aromatic rings. The molecule has 0 spiro atoms. The first kappa shape index (κ1) is 12.7. The van der Waals surface area contributed by atoms with E-state index in [-0.39, 0.29) is 0 Å². The summed E-state index contributed by atoms with van der Waals surface area (Å²) in [7, 11) is 0. The highest BCUT2D eigenvalue weighted by Crippen LogP contribution is 2.40. The fourth-order valence-corrected chi connectivity index (χ4v) is 4.82. The van der Waals surface area contributed by atoms with Gasteiger partial charge < -0.3 is 10.6 Å². The van der Waals surface area contributed by atoms with Crippen molar-refractivity contribution in [2.75, 3.05) is 4.90 Å². The number of fused-ring (bicyclic) bond motifs is 3. The van der Waals surface area contributed by atoms with Crippen LogP contribution in [0, 0.1) is 0 Å². The summed E-state index contributed by atoms with van der Waals surface area (Å²) in [5, 5.41) is 0. The van der Waals surface area contributed by atoms with Crippen molar-refractivity contribution in [3.63, 3.8) is 0 Å². The number of hydrogen-bond acceptors (Lipinski definition) is 2. The van der Waals surface area contributed by atoms with E-state index in [1.807, 2.05) is 0 Å². The first-order valence-corrected chi connectivity index (χ1v) is 8.47. The molecule has 2 N–H and O–H groups in total. The lowest BCUT2D eigenvalue weighted by atomic mass is 9.80. The van der Waals surface area contributed by atoms with Crippen LogP contribution in [0.25, 0.3) is 0 Å². The summed E-state index contributed by atoms with van der Waals surface area (Å²) in [6.45, 7) is 0. The Morgan fingerprint density at radius 1 is 0.950 bits per heavy atom. The standard InChI is InChI=1S/C18H26N2/c19-14-11-15-7-4-8-16(12-14)20(15)18-10-3-6-13-5-1-2-9-17(13)18/h3,6,10,14-16H,1-2,4-5,7-9,11-12,19H2. The number of benzene rings is 1. The van der Waals surface area contributed by atoms with Gasteiger partial charge in [0.1, 0.15) is 0 Å². The van der Waals surface area contributed by atoms with Crippen LogP contribution in [0.1, 0.15) is 56.1 Å². The van der Waals surface area contributed by atoms with Gasteiger partial charge in [-0.15, -0.1) is 0 Å². The zero-order valence-electron chi connectivity index (χ0n) is 12.4.